The zero-order chi connectivity index (χ0) is 83.4. The Bertz CT molecular complexity index is 8920. The van der Waals surface area contributed by atoms with Crippen LogP contribution in [-0.4, -0.2) is 0 Å². The molecule has 0 saturated carbocycles. The molecule has 0 atom stereocenters. The van der Waals surface area contributed by atoms with Gasteiger partial charge in [0.25, 0.3) is 0 Å². The Balaban J connectivity index is 0.000000135. The van der Waals surface area contributed by atoms with E-state index in [1.165, 1.54) is 230 Å². The van der Waals surface area contributed by atoms with E-state index in [-0.39, 0.29) is 10.8 Å². The summed E-state index contributed by atoms with van der Waals surface area (Å²) in [6.07, 6.45) is 0. The number of hydrogen-bond acceptors (Lipinski definition) is 2. The van der Waals surface area contributed by atoms with Crippen LogP contribution in [0.1, 0.15) is 49.9 Å². The molecule has 2 aliphatic carbocycles. The van der Waals surface area contributed by atoms with Crippen LogP contribution in [-0.2, 0) is 10.8 Å². The molecule has 588 valence electrons. The first kappa shape index (κ1) is 71.9. The van der Waals surface area contributed by atoms with Crippen LogP contribution in [0.5, 0.6) is 0 Å². The number of rotatable bonds is 7. The molecule has 0 aliphatic heterocycles. The summed E-state index contributed by atoms with van der Waals surface area (Å²) >= 11 is 0. The average Bonchev–Trinajstić information content (AvgIpc) is 1.31. The van der Waals surface area contributed by atoms with Crippen molar-refractivity contribution in [1.29, 1.82) is 0 Å². The standard InChI is InChI=1S/C65H42O.C59H38O/c1-65(2)58-31-28-42(36-57(58)64-47-16-6-3-13-39(47)27-32-59(64)65)43-29-33-60-55(35-43)56-38-45(30-34-61(56)66-60)63-52-21-11-9-19-50(52)62(51-20-10-12-22-53(51)63)41-25-23-40(24-26-41)54-37-44-14-4-5-15-46(44)48-17-7-8-18-49(48)54;1-59(2)52-28-24-37(33-51(52)58-41-15-6-4-13-36(41)23-29-53(58)59)38-25-30-54-49(32-38)50-34-39(26-31-55(50)60-54)56-45-16-7-9-18-47(45)57(48-19-10-8-17-46(48)56)44-21-11-20-42-40-14-5-3-12-35(40)22-27-43(42)44/h3-38H,1-2H3;3-34H,1-2H3. The first-order valence-electron chi connectivity index (χ1n) is 44.1. The highest BCUT2D eigenvalue weighted by atomic mass is 16.3. The summed E-state index contributed by atoms with van der Waals surface area (Å²) in [6, 6.07) is 153. The molecule has 0 spiro atoms. The minimum Gasteiger partial charge on any atom is -0.456 e. The summed E-state index contributed by atoms with van der Waals surface area (Å²) in [4.78, 5) is 0. The average molecular weight is 1600 g/mol. The van der Waals surface area contributed by atoms with Gasteiger partial charge in [-0.25, -0.2) is 0 Å². The van der Waals surface area contributed by atoms with E-state index in [0.717, 1.165) is 43.9 Å². The lowest BCUT2D eigenvalue weighted by Gasteiger charge is -2.21. The molecule has 0 unspecified atom stereocenters. The summed E-state index contributed by atoms with van der Waals surface area (Å²) < 4.78 is 13.1. The van der Waals surface area contributed by atoms with Crippen molar-refractivity contribution in [2.75, 3.05) is 0 Å². The number of hydrogen-bond donors (Lipinski definition) is 0. The van der Waals surface area contributed by atoms with Crippen LogP contribution in [0.3, 0.4) is 0 Å². The van der Waals surface area contributed by atoms with E-state index in [0.29, 0.717) is 0 Å². The Morgan fingerprint density at radius 3 is 0.873 bits per heavy atom. The quantitative estimate of drug-likeness (QED) is 0.117. The molecular weight excluding hydrogens is 1520 g/mol. The first-order valence-corrected chi connectivity index (χ1v) is 44.1. The van der Waals surface area contributed by atoms with Crippen LogP contribution in [0, 0.1) is 0 Å². The molecule has 126 heavy (non-hydrogen) atoms. The van der Waals surface area contributed by atoms with Crippen molar-refractivity contribution in [3.05, 3.63) is 435 Å². The zero-order valence-electron chi connectivity index (χ0n) is 70.1. The van der Waals surface area contributed by atoms with Gasteiger partial charge in [0.05, 0.1) is 0 Å². The van der Waals surface area contributed by atoms with E-state index in [2.05, 4.69) is 440 Å². The van der Waals surface area contributed by atoms with Crippen molar-refractivity contribution in [1.82, 2.24) is 0 Å². The van der Waals surface area contributed by atoms with Crippen molar-refractivity contribution in [3.63, 3.8) is 0 Å². The van der Waals surface area contributed by atoms with Crippen LogP contribution in [0.25, 0.3) is 252 Å². The van der Waals surface area contributed by atoms with E-state index in [1.54, 1.807) is 0 Å². The fourth-order valence-corrected chi connectivity index (χ4v) is 22.5. The maximum Gasteiger partial charge on any atom is 0.135 e. The molecule has 0 radical (unpaired) electrons. The van der Waals surface area contributed by atoms with Crippen molar-refractivity contribution >= 4 is 152 Å². The van der Waals surface area contributed by atoms with Gasteiger partial charge in [0.15, 0.2) is 0 Å². The summed E-state index contributed by atoms with van der Waals surface area (Å²) in [6.45, 7) is 9.44. The molecule has 2 aromatic heterocycles. The predicted molar refractivity (Wildman–Crippen MR) is 536 cm³/mol. The third-order valence-electron chi connectivity index (χ3n) is 28.5. The smallest absolute Gasteiger partial charge is 0.135 e. The van der Waals surface area contributed by atoms with E-state index < -0.39 is 0 Å². The monoisotopic (exact) mass is 1600 g/mol. The van der Waals surface area contributed by atoms with Gasteiger partial charge in [0, 0.05) is 32.4 Å². The molecule has 0 amide bonds. The highest BCUT2D eigenvalue weighted by Crippen LogP contribution is 2.56. The molecule has 2 heterocycles. The molecule has 2 aliphatic rings. The minimum absolute atomic E-state index is 0.0648. The Labute approximate surface area is 728 Å². The first-order chi connectivity index (χ1) is 62.0. The van der Waals surface area contributed by atoms with Gasteiger partial charge in [0.2, 0.25) is 0 Å². The van der Waals surface area contributed by atoms with Crippen molar-refractivity contribution in [2.24, 2.45) is 0 Å². The second-order valence-corrected chi connectivity index (χ2v) is 35.9. The number of furan rings is 2. The maximum absolute atomic E-state index is 6.57. The van der Waals surface area contributed by atoms with Crippen molar-refractivity contribution < 1.29 is 8.83 Å². The lowest BCUT2D eigenvalue weighted by molar-refractivity contribution is 0.661. The second-order valence-electron chi connectivity index (χ2n) is 35.9. The Kier molecular flexibility index (Phi) is 15.6. The van der Waals surface area contributed by atoms with Gasteiger partial charge < -0.3 is 8.83 Å². The second kappa shape index (κ2) is 27.4. The van der Waals surface area contributed by atoms with Gasteiger partial charge in [-0.2, -0.15) is 0 Å². The molecule has 23 aromatic carbocycles. The van der Waals surface area contributed by atoms with E-state index >= 15 is 0 Å². The fraction of sp³-hybridized carbons (Fsp3) is 0.0484. The molecular formula is C124H80O2. The summed E-state index contributed by atoms with van der Waals surface area (Å²) in [7, 11) is 0. The SMILES string of the molecule is CC1(C)c2ccc(-c3ccc4oc5ccc(-c6c7ccccc7c(-c7ccc(-c8cc9ccccc9c9ccccc89)cc7)c7ccccc67)cc5c4c3)cc2-c2c1ccc1ccccc21.CC1(C)c2ccc(-c3ccc4oc5ccc(-c6c7ccccc7c(-c7cccc8c7ccc7ccccc78)c7ccccc67)cc5c4c3)cc2-c2c1ccc1ccccc21. The van der Waals surface area contributed by atoms with Crippen LogP contribution < -0.4 is 0 Å². The van der Waals surface area contributed by atoms with Crippen LogP contribution in [0.2, 0.25) is 0 Å². The van der Waals surface area contributed by atoms with E-state index in [9.17, 15) is 0 Å². The molecule has 2 nitrogen and oxygen atoms in total. The van der Waals surface area contributed by atoms with E-state index in [4.69, 9.17) is 8.83 Å². The molecule has 0 bridgehead atoms. The van der Waals surface area contributed by atoms with Gasteiger partial charge in [0.1, 0.15) is 22.3 Å². The third kappa shape index (κ3) is 10.8. The Morgan fingerprint density at radius 1 is 0.143 bits per heavy atom. The van der Waals surface area contributed by atoms with Gasteiger partial charge in [-0.3, -0.25) is 0 Å². The molecule has 0 fully saturated rings. The highest BCUT2D eigenvalue weighted by Gasteiger charge is 2.39. The Hall–Kier alpha value is -15.7. The summed E-state index contributed by atoms with van der Waals surface area (Å²) in [5.41, 5.74) is 31.5. The molecule has 25 aromatic rings. The van der Waals surface area contributed by atoms with Crippen LogP contribution in [0.4, 0.5) is 0 Å². The fourth-order valence-electron chi connectivity index (χ4n) is 22.5. The topological polar surface area (TPSA) is 26.3 Å². The van der Waals surface area contributed by atoms with Crippen molar-refractivity contribution in [3.8, 4) is 100 Å². The molecule has 0 saturated heterocycles. The van der Waals surface area contributed by atoms with Gasteiger partial charge in [-0.1, -0.05) is 373 Å². The van der Waals surface area contributed by atoms with Gasteiger partial charge in [-0.05, 0) is 297 Å². The predicted octanol–water partition coefficient (Wildman–Crippen LogP) is 35.0. The minimum atomic E-state index is -0.0698. The molecule has 27 rings (SSSR count). The van der Waals surface area contributed by atoms with Gasteiger partial charge in [-0.15, -0.1) is 0 Å². The number of fused-ring (bicyclic) bond motifs is 26. The van der Waals surface area contributed by atoms with Crippen LogP contribution >= 0.6 is 0 Å². The van der Waals surface area contributed by atoms with E-state index in [1.807, 2.05) is 0 Å². The van der Waals surface area contributed by atoms with Crippen molar-refractivity contribution in [2.45, 2.75) is 38.5 Å². The zero-order valence-corrected chi connectivity index (χ0v) is 70.1. The lowest BCUT2D eigenvalue weighted by atomic mass is 9.82. The summed E-state index contributed by atoms with van der Waals surface area (Å²) in [5, 5.41) is 29.8. The third-order valence-corrected chi connectivity index (χ3v) is 28.5. The maximum atomic E-state index is 6.57. The molecule has 2 heteroatoms. The lowest BCUT2D eigenvalue weighted by Crippen LogP contribution is -2.14. The summed E-state index contributed by atoms with van der Waals surface area (Å²) in [5.74, 6) is 0. The van der Waals surface area contributed by atoms with Gasteiger partial charge >= 0.3 is 0 Å². The largest absolute Gasteiger partial charge is 0.456 e. The number of benzene rings is 23. The molecule has 0 N–H and O–H groups in total. The van der Waals surface area contributed by atoms with Crippen LogP contribution in [0.15, 0.2) is 421 Å². The normalized spacial score (nSPS) is 13.2. The Morgan fingerprint density at radius 2 is 0.429 bits per heavy atom. The highest BCUT2D eigenvalue weighted by molar-refractivity contribution is 6.27.